The number of nitrogens with one attached hydrogen (secondary N) is 1. The Bertz CT molecular complexity index is 826. The second-order valence-electron chi connectivity index (χ2n) is 4.23. The van der Waals surface area contributed by atoms with Crippen molar-refractivity contribution in [1.29, 1.82) is 0 Å². The number of anilines is 1. The number of fused-ring (bicyclic) bond motifs is 1. The van der Waals surface area contributed by atoms with Crippen LogP contribution in [-0.4, -0.2) is 20.8 Å². The Morgan fingerprint density at radius 3 is 2.60 bits per heavy atom. The highest BCUT2D eigenvalue weighted by Gasteiger charge is 2.37. The van der Waals surface area contributed by atoms with Gasteiger partial charge in [0.05, 0.1) is 0 Å². The van der Waals surface area contributed by atoms with Crippen LogP contribution in [0.15, 0.2) is 40.1 Å². The zero-order valence-corrected chi connectivity index (χ0v) is 10.9. The van der Waals surface area contributed by atoms with E-state index < -0.39 is 22.5 Å². The van der Waals surface area contributed by atoms with Gasteiger partial charge in [0.2, 0.25) is 0 Å². The zero-order chi connectivity index (χ0) is 14.4. The standard InChI is InChI=1S/C12H9N3O4S/c16-9-6-3-1-2-4-7(6)11(20)14(9)8-5-13-12(18)15(19)10(8)17/h1-5,11,19-20H,(H,13,18). The molecule has 8 heteroatoms. The molecule has 0 spiro atoms. The lowest BCUT2D eigenvalue weighted by Gasteiger charge is -2.20. The molecule has 0 bridgehead atoms. The van der Waals surface area contributed by atoms with Crippen molar-refractivity contribution in [3.63, 3.8) is 0 Å². The molecule has 2 N–H and O–H groups in total. The fourth-order valence-electron chi connectivity index (χ4n) is 2.16. The van der Waals surface area contributed by atoms with Gasteiger partial charge in [-0.2, -0.15) is 0 Å². The van der Waals surface area contributed by atoms with Crippen LogP contribution in [0.4, 0.5) is 5.69 Å². The first kappa shape index (κ1) is 12.5. The van der Waals surface area contributed by atoms with Crippen LogP contribution in [0, 0.1) is 0 Å². The quantitative estimate of drug-likeness (QED) is 0.522. The normalized spacial score (nSPS) is 17.4. The molecule has 0 saturated carbocycles. The monoisotopic (exact) mass is 291 g/mol. The average molecular weight is 291 g/mol. The number of H-pyrrole nitrogens is 1. The average Bonchev–Trinajstić information content (AvgIpc) is 2.70. The van der Waals surface area contributed by atoms with Gasteiger partial charge >= 0.3 is 11.2 Å². The molecule has 1 atom stereocenters. The van der Waals surface area contributed by atoms with Crippen LogP contribution in [0.2, 0.25) is 0 Å². The van der Waals surface area contributed by atoms with Crippen molar-refractivity contribution < 1.29 is 10.0 Å². The van der Waals surface area contributed by atoms with Crippen molar-refractivity contribution in [2.24, 2.45) is 0 Å². The first-order chi connectivity index (χ1) is 9.52. The molecule has 102 valence electrons. The van der Waals surface area contributed by atoms with E-state index in [2.05, 4.69) is 17.6 Å². The van der Waals surface area contributed by atoms with E-state index in [4.69, 9.17) is 0 Å². The topological polar surface area (TPSA) is 95.4 Å². The van der Waals surface area contributed by atoms with E-state index in [1.165, 1.54) is 0 Å². The third kappa shape index (κ3) is 1.58. The number of nitrogens with zero attached hydrogens (tertiary/aromatic N) is 2. The first-order valence-electron chi connectivity index (χ1n) is 5.67. The molecule has 0 fully saturated rings. The fraction of sp³-hybridized carbons (Fsp3) is 0.0833. The molecule has 2 heterocycles. The summed E-state index contributed by atoms with van der Waals surface area (Å²) < 4.78 is -0.0773. The molecule has 1 aliphatic rings. The number of carbonyl (C=O) groups excluding carboxylic acids is 1. The summed E-state index contributed by atoms with van der Waals surface area (Å²) in [7, 11) is 0. The van der Waals surface area contributed by atoms with Crippen LogP contribution in [0.25, 0.3) is 0 Å². The van der Waals surface area contributed by atoms with Crippen molar-refractivity contribution in [1.82, 2.24) is 9.71 Å². The van der Waals surface area contributed by atoms with Gasteiger partial charge in [-0.05, 0) is 11.6 Å². The SMILES string of the molecule is O=C1c2ccccc2C(S)N1c1c[nH]c(=O)n(O)c1=O. The van der Waals surface area contributed by atoms with Crippen LogP contribution in [0.5, 0.6) is 0 Å². The Balaban J connectivity index is 2.19. The molecule has 2 aromatic rings. The van der Waals surface area contributed by atoms with Crippen LogP contribution in [0.3, 0.4) is 0 Å². The molecule has 7 nitrogen and oxygen atoms in total. The number of benzene rings is 1. The second kappa shape index (κ2) is 4.27. The zero-order valence-electron chi connectivity index (χ0n) is 9.98. The number of aromatic amines is 1. The van der Waals surface area contributed by atoms with Gasteiger partial charge in [-0.1, -0.05) is 22.9 Å². The van der Waals surface area contributed by atoms with E-state index in [0.29, 0.717) is 11.1 Å². The number of rotatable bonds is 1. The predicted octanol–water partition coefficient (Wildman–Crippen LogP) is 0.363. The maximum absolute atomic E-state index is 12.3. The van der Waals surface area contributed by atoms with Crippen molar-refractivity contribution in [2.75, 3.05) is 4.90 Å². The van der Waals surface area contributed by atoms with Crippen molar-refractivity contribution in [3.8, 4) is 0 Å². The van der Waals surface area contributed by atoms with Gasteiger partial charge < -0.3 is 10.2 Å². The molecule has 1 aliphatic heterocycles. The van der Waals surface area contributed by atoms with Gasteiger partial charge in [-0.25, -0.2) is 4.79 Å². The number of hydrogen-bond acceptors (Lipinski definition) is 5. The molecule has 1 unspecified atom stereocenters. The Kier molecular flexibility index (Phi) is 2.68. The number of hydrogen-bond donors (Lipinski definition) is 3. The molecule has 0 radical (unpaired) electrons. The smallest absolute Gasteiger partial charge is 0.361 e. The summed E-state index contributed by atoms with van der Waals surface area (Å²) in [6.45, 7) is 0. The van der Waals surface area contributed by atoms with E-state index in [1.807, 2.05) is 0 Å². The number of carbonyl (C=O) groups is 1. The van der Waals surface area contributed by atoms with E-state index in [-0.39, 0.29) is 10.4 Å². The minimum Gasteiger partial charge on any atom is -0.421 e. The molecule has 1 aromatic carbocycles. The lowest BCUT2D eigenvalue weighted by atomic mass is 10.1. The Morgan fingerprint density at radius 1 is 1.20 bits per heavy atom. The van der Waals surface area contributed by atoms with E-state index in [1.54, 1.807) is 24.3 Å². The van der Waals surface area contributed by atoms with Gasteiger partial charge in [-0.3, -0.25) is 14.5 Å². The molecule has 0 saturated heterocycles. The highest BCUT2D eigenvalue weighted by atomic mass is 32.1. The lowest BCUT2D eigenvalue weighted by molar-refractivity contribution is 0.0994. The van der Waals surface area contributed by atoms with Crippen molar-refractivity contribution in [2.45, 2.75) is 5.37 Å². The van der Waals surface area contributed by atoms with E-state index in [0.717, 1.165) is 11.1 Å². The Labute approximate surface area is 117 Å². The molecular weight excluding hydrogens is 282 g/mol. The fourth-order valence-corrected chi connectivity index (χ4v) is 2.62. The van der Waals surface area contributed by atoms with Crippen LogP contribution >= 0.6 is 12.6 Å². The second-order valence-corrected chi connectivity index (χ2v) is 4.72. The lowest BCUT2D eigenvalue weighted by Crippen LogP contribution is -2.39. The molecule has 1 aromatic heterocycles. The first-order valence-corrected chi connectivity index (χ1v) is 6.18. The van der Waals surface area contributed by atoms with Gasteiger partial charge in [0, 0.05) is 11.8 Å². The third-order valence-corrected chi connectivity index (χ3v) is 3.64. The Hall–Kier alpha value is -2.48. The molecular formula is C12H9N3O4S. The van der Waals surface area contributed by atoms with Crippen LogP contribution in [0.1, 0.15) is 21.3 Å². The number of amides is 1. The van der Waals surface area contributed by atoms with Gasteiger partial charge in [0.15, 0.2) is 0 Å². The summed E-state index contributed by atoms with van der Waals surface area (Å²) in [5.41, 5.74) is -1.00. The highest BCUT2D eigenvalue weighted by Crippen LogP contribution is 2.37. The van der Waals surface area contributed by atoms with Crippen molar-refractivity contribution in [3.05, 3.63) is 62.4 Å². The van der Waals surface area contributed by atoms with Gasteiger partial charge in [0.25, 0.3) is 5.91 Å². The molecule has 20 heavy (non-hydrogen) atoms. The minimum absolute atomic E-state index is 0.0773. The Morgan fingerprint density at radius 2 is 1.90 bits per heavy atom. The van der Waals surface area contributed by atoms with Crippen LogP contribution in [-0.2, 0) is 0 Å². The molecule has 3 rings (SSSR count). The largest absolute Gasteiger partial charge is 0.421 e. The number of aromatic nitrogens is 2. The molecule has 0 aliphatic carbocycles. The van der Waals surface area contributed by atoms with Gasteiger partial charge in [-0.15, -0.1) is 12.6 Å². The maximum atomic E-state index is 12.3. The summed E-state index contributed by atoms with van der Waals surface area (Å²) in [6.07, 6.45) is 1.09. The third-order valence-electron chi connectivity index (χ3n) is 3.13. The summed E-state index contributed by atoms with van der Waals surface area (Å²) in [4.78, 5) is 38.6. The summed E-state index contributed by atoms with van der Waals surface area (Å²) >= 11 is 4.33. The van der Waals surface area contributed by atoms with Gasteiger partial charge in [0.1, 0.15) is 11.1 Å². The maximum Gasteiger partial charge on any atom is 0.361 e. The highest BCUT2D eigenvalue weighted by molar-refractivity contribution is 7.80. The van der Waals surface area contributed by atoms with E-state index in [9.17, 15) is 19.6 Å². The van der Waals surface area contributed by atoms with Crippen LogP contribution < -0.4 is 16.1 Å². The van der Waals surface area contributed by atoms with E-state index >= 15 is 0 Å². The van der Waals surface area contributed by atoms with Crippen molar-refractivity contribution >= 4 is 24.2 Å². The molecule has 1 amide bonds. The summed E-state index contributed by atoms with van der Waals surface area (Å²) in [6, 6.07) is 6.83. The minimum atomic E-state index is -0.978. The summed E-state index contributed by atoms with van der Waals surface area (Å²) in [5.74, 6) is -0.412. The predicted molar refractivity (Wildman–Crippen MR) is 73.5 cm³/mol. The summed E-state index contributed by atoms with van der Waals surface area (Å²) in [5, 5.41) is 8.68. The number of thiol groups is 1.